The summed E-state index contributed by atoms with van der Waals surface area (Å²) in [5.74, 6) is 0. The van der Waals surface area contributed by atoms with Crippen molar-refractivity contribution in [1.29, 1.82) is 0 Å². The number of hydrogen-bond acceptors (Lipinski definition) is 0. The van der Waals surface area contributed by atoms with E-state index in [-0.39, 0.29) is 0 Å². The Bertz CT molecular complexity index is 319. The molecular formula is C16H28N+. The third-order valence-electron chi connectivity index (χ3n) is 3.14. The van der Waals surface area contributed by atoms with E-state index in [4.69, 9.17) is 0 Å². The van der Waals surface area contributed by atoms with Crippen LogP contribution >= 0.6 is 0 Å². The molecule has 96 valence electrons. The maximum Gasteiger partial charge on any atom is 0.104 e. The van der Waals surface area contributed by atoms with Gasteiger partial charge in [0, 0.05) is 5.56 Å². The molecule has 0 heterocycles. The highest BCUT2D eigenvalue weighted by atomic mass is 15.3. The fraction of sp³-hybridized carbons (Fsp3) is 0.625. The van der Waals surface area contributed by atoms with Gasteiger partial charge >= 0.3 is 0 Å². The lowest BCUT2D eigenvalue weighted by atomic mass is 9.90. The summed E-state index contributed by atoms with van der Waals surface area (Å²) in [6.45, 7) is 9.36. The molecule has 0 aromatic heterocycles. The smallest absolute Gasteiger partial charge is 0.104 e. The zero-order chi connectivity index (χ0) is 12.9. The van der Waals surface area contributed by atoms with Gasteiger partial charge in [0.25, 0.3) is 0 Å². The second-order valence-corrected chi connectivity index (χ2v) is 6.97. The number of nitrogens with zero attached hydrogens (tertiary/aromatic N) is 1. The molecule has 0 saturated heterocycles. The molecule has 1 rings (SSSR count). The van der Waals surface area contributed by atoms with Gasteiger partial charge in [-0.25, -0.2) is 0 Å². The zero-order valence-corrected chi connectivity index (χ0v) is 12.2. The molecule has 0 amide bonds. The van der Waals surface area contributed by atoms with Crippen LogP contribution in [0.2, 0.25) is 0 Å². The van der Waals surface area contributed by atoms with Gasteiger partial charge in [0.05, 0.1) is 20.6 Å². The Morgan fingerprint density at radius 2 is 1.59 bits per heavy atom. The maximum atomic E-state index is 2.33. The van der Waals surface area contributed by atoms with E-state index in [0.29, 0.717) is 5.41 Å². The lowest BCUT2D eigenvalue weighted by Crippen LogP contribution is -2.39. The summed E-state index contributed by atoms with van der Waals surface area (Å²) >= 11 is 0. The lowest BCUT2D eigenvalue weighted by Gasteiger charge is -2.31. The zero-order valence-electron chi connectivity index (χ0n) is 12.2. The van der Waals surface area contributed by atoms with Crippen LogP contribution in [0, 0.1) is 5.41 Å². The highest BCUT2D eigenvalue weighted by Crippen LogP contribution is 2.21. The molecule has 1 heteroatoms. The molecule has 1 nitrogen and oxygen atoms in total. The van der Waals surface area contributed by atoms with Crippen LogP contribution in [0.5, 0.6) is 0 Å². The predicted molar refractivity (Wildman–Crippen MR) is 75.8 cm³/mol. The van der Waals surface area contributed by atoms with Crippen molar-refractivity contribution in [3.05, 3.63) is 35.9 Å². The number of quaternary nitrogens is 1. The van der Waals surface area contributed by atoms with Crippen LogP contribution in [0.1, 0.15) is 39.2 Å². The van der Waals surface area contributed by atoms with Crippen molar-refractivity contribution in [1.82, 2.24) is 0 Å². The second kappa shape index (κ2) is 5.68. The van der Waals surface area contributed by atoms with E-state index in [1.807, 2.05) is 0 Å². The summed E-state index contributed by atoms with van der Waals surface area (Å²) in [7, 11) is 4.66. The summed E-state index contributed by atoms with van der Waals surface area (Å²) in [4.78, 5) is 0. The molecule has 0 aliphatic rings. The van der Waals surface area contributed by atoms with Gasteiger partial charge in [0.2, 0.25) is 0 Å². The van der Waals surface area contributed by atoms with Crippen LogP contribution in [0.25, 0.3) is 0 Å². The van der Waals surface area contributed by atoms with Crippen LogP contribution < -0.4 is 0 Å². The van der Waals surface area contributed by atoms with Gasteiger partial charge in [-0.05, 0) is 18.3 Å². The monoisotopic (exact) mass is 234 g/mol. The van der Waals surface area contributed by atoms with Gasteiger partial charge in [-0.15, -0.1) is 0 Å². The van der Waals surface area contributed by atoms with Crippen LogP contribution in [-0.2, 0) is 6.54 Å². The first-order chi connectivity index (χ1) is 7.79. The van der Waals surface area contributed by atoms with E-state index in [9.17, 15) is 0 Å². The molecule has 0 unspecified atom stereocenters. The normalized spacial score (nSPS) is 12.8. The topological polar surface area (TPSA) is 0 Å². The van der Waals surface area contributed by atoms with E-state index in [0.717, 1.165) is 11.0 Å². The summed E-state index contributed by atoms with van der Waals surface area (Å²) in [6, 6.07) is 10.8. The molecule has 0 spiro atoms. The van der Waals surface area contributed by atoms with Crippen molar-refractivity contribution in [2.75, 3.05) is 20.6 Å². The van der Waals surface area contributed by atoms with Crippen molar-refractivity contribution in [3.63, 3.8) is 0 Å². The van der Waals surface area contributed by atoms with Gasteiger partial charge in [-0.3, -0.25) is 0 Å². The molecule has 0 radical (unpaired) electrons. The second-order valence-electron chi connectivity index (χ2n) is 6.97. The summed E-state index contributed by atoms with van der Waals surface area (Å²) in [6.07, 6.45) is 2.62. The van der Waals surface area contributed by atoms with Crippen LogP contribution in [0.3, 0.4) is 0 Å². The van der Waals surface area contributed by atoms with Crippen LogP contribution in [-0.4, -0.2) is 25.1 Å². The molecule has 0 aliphatic carbocycles. The molecular weight excluding hydrogens is 206 g/mol. The standard InChI is InChI=1S/C16H28N/c1-16(2,3)12-9-13-17(4,5)14-15-10-7-6-8-11-15/h6-8,10-11H,9,12-14H2,1-5H3/q+1. The third kappa shape index (κ3) is 6.48. The summed E-state index contributed by atoms with van der Waals surface area (Å²) in [5.41, 5.74) is 1.90. The van der Waals surface area contributed by atoms with Crippen molar-refractivity contribution in [2.45, 2.75) is 40.2 Å². The molecule has 0 fully saturated rings. The lowest BCUT2D eigenvalue weighted by molar-refractivity contribution is -0.903. The van der Waals surface area contributed by atoms with E-state index in [1.165, 1.54) is 24.9 Å². The van der Waals surface area contributed by atoms with Crippen LogP contribution in [0.15, 0.2) is 30.3 Å². The SMILES string of the molecule is CC(C)(C)CCC[N+](C)(C)Cc1ccccc1. The van der Waals surface area contributed by atoms with Crippen molar-refractivity contribution < 1.29 is 4.48 Å². The van der Waals surface area contributed by atoms with E-state index < -0.39 is 0 Å². The molecule has 0 N–H and O–H groups in total. The molecule has 0 saturated carbocycles. The van der Waals surface area contributed by atoms with Gasteiger partial charge in [-0.2, -0.15) is 0 Å². The quantitative estimate of drug-likeness (QED) is 0.673. The molecule has 0 bridgehead atoms. The Morgan fingerprint density at radius 1 is 1.00 bits per heavy atom. The maximum absolute atomic E-state index is 2.33. The van der Waals surface area contributed by atoms with Gasteiger partial charge < -0.3 is 4.48 Å². The Kier molecular flexibility index (Phi) is 4.76. The van der Waals surface area contributed by atoms with E-state index >= 15 is 0 Å². The number of hydrogen-bond donors (Lipinski definition) is 0. The van der Waals surface area contributed by atoms with Gasteiger partial charge in [0.15, 0.2) is 0 Å². The Morgan fingerprint density at radius 3 is 2.12 bits per heavy atom. The highest BCUT2D eigenvalue weighted by Gasteiger charge is 2.17. The average Bonchev–Trinajstić information content (AvgIpc) is 2.15. The van der Waals surface area contributed by atoms with Crippen LogP contribution in [0.4, 0.5) is 0 Å². The summed E-state index contributed by atoms with van der Waals surface area (Å²) < 4.78 is 1.08. The minimum absolute atomic E-state index is 0.465. The van der Waals surface area contributed by atoms with E-state index in [2.05, 4.69) is 65.2 Å². The first-order valence-corrected chi connectivity index (χ1v) is 6.64. The van der Waals surface area contributed by atoms with E-state index in [1.54, 1.807) is 0 Å². The fourth-order valence-electron chi connectivity index (χ4n) is 2.19. The van der Waals surface area contributed by atoms with Gasteiger partial charge in [0.1, 0.15) is 6.54 Å². The number of rotatable bonds is 5. The molecule has 17 heavy (non-hydrogen) atoms. The first-order valence-electron chi connectivity index (χ1n) is 6.64. The van der Waals surface area contributed by atoms with Crippen molar-refractivity contribution in [2.24, 2.45) is 5.41 Å². The third-order valence-corrected chi connectivity index (χ3v) is 3.14. The Balaban J connectivity index is 2.41. The minimum atomic E-state index is 0.465. The largest absolute Gasteiger partial charge is 0.325 e. The first kappa shape index (κ1) is 14.2. The predicted octanol–water partition coefficient (Wildman–Crippen LogP) is 4.09. The molecule has 0 atom stereocenters. The molecule has 1 aromatic carbocycles. The summed E-state index contributed by atoms with van der Waals surface area (Å²) in [5, 5.41) is 0. The Labute approximate surface area is 107 Å². The van der Waals surface area contributed by atoms with Crippen molar-refractivity contribution in [3.8, 4) is 0 Å². The average molecular weight is 234 g/mol. The molecule has 0 aliphatic heterocycles. The number of benzene rings is 1. The minimum Gasteiger partial charge on any atom is -0.325 e. The fourth-order valence-corrected chi connectivity index (χ4v) is 2.19. The van der Waals surface area contributed by atoms with Crippen molar-refractivity contribution >= 4 is 0 Å². The Hall–Kier alpha value is -0.820. The highest BCUT2D eigenvalue weighted by molar-refractivity contribution is 5.13. The molecule has 1 aromatic rings. The van der Waals surface area contributed by atoms with Gasteiger partial charge in [-0.1, -0.05) is 51.1 Å².